The van der Waals surface area contributed by atoms with Crippen LogP contribution in [0.25, 0.3) is 0 Å². The molecule has 1 fully saturated rings. The van der Waals surface area contributed by atoms with Crippen molar-refractivity contribution in [2.45, 2.75) is 83.8 Å². The highest BCUT2D eigenvalue weighted by molar-refractivity contribution is 5.05. The Labute approximate surface area is 125 Å². The molecule has 0 radical (unpaired) electrons. The van der Waals surface area contributed by atoms with Crippen LogP contribution in [0.1, 0.15) is 66.2 Å². The first-order valence-electron chi connectivity index (χ1n) is 8.27. The molecule has 3 heteroatoms. The number of rotatable bonds is 8. The van der Waals surface area contributed by atoms with E-state index in [1.54, 1.807) is 0 Å². The summed E-state index contributed by atoms with van der Waals surface area (Å²) in [4.78, 5) is 2.68. The maximum Gasteiger partial charge on any atom is 0.105 e. The SMILES string of the molecule is CNC(C)(C#N)CC(C)N(CCC(C)C)C1CCCC1. The van der Waals surface area contributed by atoms with Crippen molar-refractivity contribution in [2.24, 2.45) is 5.92 Å². The summed E-state index contributed by atoms with van der Waals surface area (Å²) >= 11 is 0. The molecule has 2 unspecified atom stereocenters. The Morgan fingerprint density at radius 2 is 1.90 bits per heavy atom. The van der Waals surface area contributed by atoms with Crippen LogP contribution in [0.4, 0.5) is 0 Å². The molecule has 1 aliphatic carbocycles. The molecule has 0 saturated heterocycles. The van der Waals surface area contributed by atoms with Crippen LogP contribution in [0.15, 0.2) is 0 Å². The molecule has 0 aromatic heterocycles. The van der Waals surface area contributed by atoms with Gasteiger partial charge in [-0.1, -0.05) is 26.7 Å². The van der Waals surface area contributed by atoms with E-state index < -0.39 is 5.54 Å². The Morgan fingerprint density at radius 3 is 2.35 bits per heavy atom. The lowest BCUT2D eigenvalue weighted by atomic mass is 9.93. The molecule has 116 valence electrons. The van der Waals surface area contributed by atoms with Crippen LogP contribution < -0.4 is 5.32 Å². The largest absolute Gasteiger partial charge is 0.303 e. The Bertz CT molecular complexity index is 315. The second kappa shape index (κ2) is 8.00. The summed E-state index contributed by atoms with van der Waals surface area (Å²) in [7, 11) is 1.89. The number of hydrogen-bond donors (Lipinski definition) is 1. The summed E-state index contributed by atoms with van der Waals surface area (Å²) in [5.41, 5.74) is -0.409. The number of nitrogens with zero attached hydrogens (tertiary/aromatic N) is 2. The maximum atomic E-state index is 9.37. The molecule has 0 heterocycles. The van der Waals surface area contributed by atoms with Gasteiger partial charge in [0, 0.05) is 12.1 Å². The highest BCUT2D eigenvalue weighted by Crippen LogP contribution is 2.28. The zero-order valence-electron chi connectivity index (χ0n) is 14.1. The average Bonchev–Trinajstić information content (AvgIpc) is 2.92. The molecular formula is C17H33N3. The van der Waals surface area contributed by atoms with Gasteiger partial charge in [-0.2, -0.15) is 5.26 Å². The molecular weight excluding hydrogens is 246 g/mol. The van der Waals surface area contributed by atoms with Crippen LogP contribution >= 0.6 is 0 Å². The number of nitrogens with one attached hydrogen (secondary N) is 1. The van der Waals surface area contributed by atoms with Crippen molar-refractivity contribution in [1.29, 1.82) is 5.26 Å². The Hall–Kier alpha value is -0.590. The van der Waals surface area contributed by atoms with Crippen molar-refractivity contribution >= 4 is 0 Å². The van der Waals surface area contributed by atoms with Gasteiger partial charge < -0.3 is 5.32 Å². The van der Waals surface area contributed by atoms with Crippen molar-refractivity contribution in [3.8, 4) is 6.07 Å². The molecule has 20 heavy (non-hydrogen) atoms. The summed E-state index contributed by atoms with van der Waals surface area (Å²) < 4.78 is 0. The summed E-state index contributed by atoms with van der Waals surface area (Å²) in [6.45, 7) is 10.1. The summed E-state index contributed by atoms with van der Waals surface area (Å²) in [6.07, 6.45) is 7.57. The Kier molecular flexibility index (Phi) is 6.99. The van der Waals surface area contributed by atoms with Gasteiger partial charge in [0.05, 0.1) is 6.07 Å². The predicted octanol–water partition coefficient (Wildman–Crippen LogP) is 3.56. The van der Waals surface area contributed by atoms with Crippen molar-refractivity contribution in [3.05, 3.63) is 0 Å². The van der Waals surface area contributed by atoms with Gasteiger partial charge >= 0.3 is 0 Å². The van der Waals surface area contributed by atoms with Gasteiger partial charge in [-0.25, -0.2) is 0 Å². The van der Waals surface area contributed by atoms with Crippen molar-refractivity contribution in [3.63, 3.8) is 0 Å². The monoisotopic (exact) mass is 279 g/mol. The number of hydrogen-bond acceptors (Lipinski definition) is 3. The maximum absolute atomic E-state index is 9.37. The minimum atomic E-state index is -0.409. The highest BCUT2D eigenvalue weighted by atomic mass is 15.2. The van der Waals surface area contributed by atoms with E-state index in [1.165, 1.54) is 38.6 Å². The second-order valence-corrected chi connectivity index (χ2v) is 7.11. The quantitative estimate of drug-likeness (QED) is 0.738. The van der Waals surface area contributed by atoms with Gasteiger partial charge in [0.25, 0.3) is 0 Å². The minimum absolute atomic E-state index is 0.409. The predicted molar refractivity (Wildman–Crippen MR) is 85.6 cm³/mol. The van der Waals surface area contributed by atoms with Gasteiger partial charge in [0.2, 0.25) is 0 Å². The molecule has 0 aromatic rings. The molecule has 2 atom stereocenters. The Morgan fingerprint density at radius 1 is 1.30 bits per heavy atom. The minimum Gasteiger partial charge on any atom is -0.303 e. The smallest absolute Gasteiger partial charge is 0.105 e. The summed E-state index contributed by atoms with van der Waals surface area (Å²) in [6, 6.07) is 3.64. The first-order valence-corrected chi connectivity index (χ1v) is 8.27. The molecule has 0 aromatic carbocycles. The van der Waals surface area contributed by atoms with Gasteiger partial charge in [-0.3, -0.25) is 4.90 Å². The van der Waals surface area contributed by atoms with Crippen molar-refractivity contribution in [2.75, 3.05) is 13.6 Å². The normalized spacial score (nSPS) is 21.1. The highest BCUT2D eigenvalue weighted by Gasteiger charge is 2.31. The van der Waals surface area contributed by atoms with Crippen LogP contribution in [0.5, 0.6) is 0 Å². The molecule has 1 aliphatic rings. The van der Waals surface area contributed by atoms with Crippen LogP contribution in [-0.2, 0) is 0 Å². The van der Waals surface area contributed by atoms with Gasteiger partial charge in [-0.05, 0) is 59.0 Å². The fourth-order valence-electron chi connectivity index (χ4n) is 3.32. The number of nitriles is 1. The lowest BCUT2D eigenvalue weighted by molar-refractivity contribution is 0.118. The molecule has 0 bridgehead atoms. The Balaban J connectivity index is 2.68. The first kappa shape index (κ1) is 17.5. The van der Waals surface area contributed by atoms with E-state index in [0.717, 1.165) is 18.4 Å². The lowest BCUT2D eigenvalue weighted by Crippen LogP contribution is -2.48. The molecule has 1 rings (SSSR count). The topological polar surface area (TPSA) is 39.1 Å². The van der Waals surface area contributed by atoms with E-state index in [-0.39, 0.29) is 0 Å². The summed E-state index contributed by atoms with van der Waals surface area (Å²) in [5, 5.41) is 12.5. The molecule has 3 nitrogen and oxygen atoms in total. The molecule has 0 aliphatic heterocycles. The van der Waals surface area contributed by atoms with E-state index >= 15 is 0 Å². The van der Waals surface area contributed by atoms with Crippen molar-refractivity contribution < 1.29 is 0 Å². The lowest BCUT2D eigenvalue weighted by Gasteiger charge is -2.38. The van der Waals surface area contributed by atoms with Gasteiger partial charge in [0.1, 0.15) is 5.54 Å². The van der Waals surface area contributed by atoms with Crippen LogP contribution in [0, 0.1) is 17.2 Å². The third-order valence-electron chi connectivity index (χ3n) is 4.83. The fourth-order valence-corrected chi connectivity index (χ4v) is 3.32. The van der Waals surface area contributed by atoms with Gasteiger partial charge in [0.15, 0.2) is 0 Å². The fraction of sp³-hybridized carbons (Fsp3) is 0.941. The van der Waals surface area contributed by atoms with Crippen LogP contribution in [-0.4, -0.2) is 36.1 Å². The zero-order chi connectivity index (χ0) is 15.2. The molecule has 1 N–H and O–H groups in total. The van der Waals surface area contributed by atoms with E-state index in [4.69, 9.17) is 0 Å². The van der Waals surface area contributed by atoms with E-state index in [0.29, 0.717) is 6.04 Å². The van der Waals surface area contributed by atoms with E-state index in [2.05, 4.69) is 37.1 Å². The first-order chi connectivity index (χ1) is 9.41. The average molecular weight is 279 g/mol. The molecule has 0 amide bonds. The van der Waals surface area contributed by atoms with Crippen LogP contribution in [0.2, 0.25) is 0 Å². The zero-order valence-corrected chi connectivity index (χ0v) is 14.1. The van der Waals surface area contributed by atoms with E-state index in [9.17, 15) is 5.26 Å². The summed E-state index contributed by atoms with van der Waals surface area (Å²) in [5.74, 6) is 0.748. The molecule has 0 spiro atoms. The standard InChI is InChI=1S/C17H33N3/c1-14(2)10-11-20(16-8-6-7-9-16)15(3)12-17(4,13-18)19-5/h14-16,19H,6-12H2,1-5H3. The van der Waals surface area contributed by atoms with Gasteiger partial charge in [-0.15, -0.1) is 0 Å². The third kappa shape index (κ3) is 5.07. The second-order valence-electron chi connectivity index (χ2n) is 7.11. The third-order valence-corrected chi connectivity index (χ3v) is 4.83. The van der Waals surface area contributed by atoms with E-state index in [1.807, 2.05) is 14.0 Å². The van der Waals surface area contributed by atoms with Crippen LogP contribution in [0.3, 0.4) is 0 Å². The molecule has 1 saturated carbocycles. The van der Waals surface area contributed by atoms with Crippen molar-refractivity contribution in [1.82, 2.24) is 10.2 Å².